The van der Waals surface area contributed by atoms with Crippen LogP contribution in [0.3, 0.4) is 0 Å². The highest BCUT2D eigenvalue weighted by Crippen LogP contribution is 2.34. The quantitative estimate of drug-likeness (QED) is 0.421. The molecule has 0 spiro atoms. The summed E-state index contributed by atoms with van der Waals surface area (Å²) in [5.74, 6) is 0. The second-order valence-corrected chi connectivity index (χ2v) is 5.53. The summed E-state index contributed by atoms with van der Waals surface area (Å²) in [5.41, 5.74) is -0.655. The summed E-state index contributed by atoms with van der Waals surface area (Å²) in [6.45, 7) is 10.1. The van der Waals surface area contributed by atoms with Crippen LogP contribution in [0.15, 0.2) is 35.7 Å². The molecule has 0 aromatic carbocycles. The van der Waals surface area contributed by atoms with Gasteiger partial charge in [-0.2, -0.15) is 0 Å². The van der Waals surface area contributed by atoms with Crippen molar-refractivity contribution in [1.82, 2.24) is 0 Å². The second-order valence-electron chi connectivity index (χ2n) is 5.53. The van der Waals surface area contributed by atoms with Crippen LogP contribution < -0.4 is 0 Å². The summed E-state index contributed by atoms with van der Waals surface area (Å²) in [7, 11) is 0. The largest absolute Gasteiger partial charge is 0.393 e. The van der Waals surface area contributed by atoms with Gasteiger partial charge in [-0.15, -0.1) is 0 Å². The van der Waals surface area contributed by atoms with Gasteiger partial charge < -0.3 is 5.11 Å². The van der Waals surface area contributed by atoms with Gasteiger partial charge >= 0.3 is 0 Å². The highest BCUT2D eigenvalue weighted by Gasteiger charge is 2.27. The molecule has 0 saturated carbocycles. The summed E-state index contributed by atoms with van der Waals surface area (Å²) >= 11 is 0. The molecule has 0 saturated heterocycles. The van der Waals surface area contributed by atoms with Gasteiger partial charge in [-0.3, -0.25) is 20.2 Å². The zero-order valence-electron chi connectivity index (χ0n) is 12.8. The van der Waals surface area contributed by atoms with Crippen molar-refractivity contribution in [2.24, 2.45) is 5.41 Å². The van der Waals surface area contributed by atoms with E-state index in [4.69, 9.17) is 0 Å². The number of nitro groups is 2. The van der Waals surface area contributed by atoms with Crippen LogP contribution in [-0.2, 0) is 0 Å². The monoisotopic (exact) mass is 298 g/mol. The molecule has 7 nitrogen and oxygen atoms in total. The van der Waals surface area contributed by atoms with Crippen LogP contribution in [0.5, 0.6) is 0 Å². The minimum absolute atomic E-state index is 0.0453. The average molecular weight is 298 g/mol. The zero-order valence-corrected chi connectivity index (χ0v) is 12.8. The zero-order chi connectivity index (χ0) is 16.8. The van der Waals surface area contributed by atoms with Gasteiger partial charge in [-0.25, -0.2) is 0 Å². The molecule has 7 heteroatoms. The van der Waals surface area contributed by atoms with E-state index in [2.05, 4.69) is 6.58 Å². The van der Waals surface area contributed by atoms with Crippen LogP contribution in [0.1, 0.15) is 40.5 Å². The Labute approximate surface area is 124 Å². The fourth-order valence-corrected chi connectivity index (χ4v) is 1.98. The second kappa shape index (κ2) is 7.68. The SMILES string of the molecule is C=C(/C=C(\C=C(/CC)[N+](=O)[O-])C(C)(C)CC(C)O)[N+](=O)[O-]. The third-order valence-corrected chi connectivity index (χ3v) is 3.06. The van der Waals surface area contributed by atoms with Crippen LogP contribution >= 0.6 is 0 Å². The summed E-state index contributed by atoms with van der Waals surface area (Å²) < 4.78 is 0. The number of rotatable bonds is 8. The molecule has 0 aliphatic rings. The fourth-order valence-electron chi connectivity index (χ4n) is 1.98. The van der Waals surface area contributed by atoms with E-state index >= 15 is 0 Å². The minimum Gasteiger partial charge on any atom is -0.393 e. The number of aliphatic hydroxyl groups excluding tert-OH is 1. The van der Waals surface area contributed by atoms with Crippen LogP contribution in [-0.4, -0.2) is 21.1 Å². The Morgan fingerprint density at radius 3 is 2.14 bits per heavy atom. The Morgan fingerprint density at radius 1 is 1.29 bits per heavy atom. The molecular formula is C14H22N2O5. The maximum absolute atomic E-state index is 10.9. The predicted molar refractivity (Wildman–Crippen MR) is 79.7 cm³/mol. The Balaban J connectivity index is 5.85. The van der Waals surface area contributed by atoms with E-state index in [0.29, 0.717) is 12.0 Å². The number of allylic oxidation sites excluding steroid dienone is 4. The van der Waals surface area contributed by atoms with Crippen molar-refractivity contribution >= 4 is 0 Å². The van der Waals surface area contributed by atoms with Crippen molar-refractivity contribution < 1.29 is 15.0 Å². The molecule has 0 fully saturated rings. The van der Waals surface area contributed by atoms with Crippen molar-refractivity contribution in [3.05, 3.63) is 55.9 Å². The van der Waals surface area contributed by atoms with Gasteiger partial charge in [-0.1, -0.05) is 20.8 Å². The predicted octanol–water partition coefficient (Wildman–Crippen LogP) is 3.07. The van der Waals surface area contributed by atoms with Crippen LogP contribution in [0.4, 0.5) is 0 Å². The normalized spacial score (nSPS) is 14.7. The summed E-state index contributed by atoms with van der Waals surface area (Å²) in [6, 6.07) is 0. The third kappa shape index (κ3) is 6.31. The first kappa shape index (κ1) is 19.0. The van der Waals surface area contributed by atoms with Gasteiger partial charge in [0, 0.05) is 18.6 Å². The molecule has 118 valence electrons. The number of aliphatic hydroxyl groups is 1. The number of hydrogen-bond acceptors (Lipinski definition) is 5. The van der Waals surface area contributed by atoms with Crippen LogP contribution in [0.25, 0.3) is 0 Å². The van der Waals surface area contributed by atoms with Crippen molar-refractivity contribution in [2.45, 2.75) is 46.6 Å². The van der Waals surface area contributed by atoms with Crippen LogP contribution in [0.2, 0.25) is 0 Å². The average Bonchev–Trinajstić information content (AvgIpc) is 2.31. The van der Waals surface area contributed by atoms with Crippen molar-refractivity contribution in [1.29, 1.82) is 0 Å². The first-order valence-corrected chi connectivity index (χ1v) is 6.59. The molecule has 0 rings (SSSR count). The molecule has 0 radical (unpaired) electrons. The lowest BCUT2D eigenvalue weighted by Crippen LogP contribution is -2.21. The molecule has 0 heterocycles. The van der Waals surface area contributed by atoms with Gasteiger partial charge in [0.25, 0.3) is 5.70 Å². The van der Waals surface area contributed by atoms with E-state index in [0.717, 1.165) is 0 Å². The van der Waals surface area contributed by atoms with Crippen LogP contribution in [0, 0.1) is 25.6 Å². The molecule has 0 amide bonds. The van der Waals surface area contributed by atoms with Gasteiger partial charge in [0.15, 0.2) is 0 Å². The molecule has 0 aliphatic carbocycles. The standard InChI is InChI=1S/C14H22N2O5/c1-6-13(16(20)21)8-12(7-10(2)15(18)19)14(4,5)9-11(3)17/h7-8,11,17H,2,6,9H2,1,3-5H3/b12-7+,13-8+. The van der Waals surface area contributed by atoms with Gasteiger partial charge in [0.05, 0.1) is 16.0 Å². The van der Waals surface area contributed by atoms with E-state index in [1.165, 1.54) is 12.2 Å². The lowest BCUT2D eigenvalue weighted by molar-refractivity contribution is -0.427. The fraction of sp³-hybridized carbons (Fsp3) is 0.571. The van der Waals surface area contributed by atoms with E-state index < -0.39 is 21.4 Å². The summed E-state index contributed by atoms with van der Waals surface area (Å²) in [6.07, 6.45) is 2.43. The highest BCUT2D eigenvalue weighted by atomic mass is 16.6. The van der Waals surface area contributed by atoms with Gasteiger partial charge in [-0.05, 0) is 30.9 Å². The molecule has 0 aromatic heterocycles. The first-order valence-electron chi connectivity index (χ1n) is 6.59. The Hall–Kier alpha value is -2.02. The van der Waals surface area contributed by atoms with Crippen molar-refractivity contribution in [3.63, 3.8) is 0 Å². The molecule has 21 heavy (non-hydrogen) atoms. The molecule has 1 unspecified atom stereocenters. The summed E-state index contributed by atoms with van der Waals surface area (Å²) in [5, 5.41) is 31.2. The van der Waals surface area contributed by atoms with E-state index in [1.54, 1.807) is 27.7 Å². The highest BCUT2D eigenvalue weighted by molar-refractivity contribution is 5.32. The Morgan fingerprint density at radius 2 is 1.81 bits per heavy atom. The van der Waals surface area contributed by atoms with Crippen molar-refractivity contribution in [3.8, 4) is 0 Å². The maximum atomic E-state index is 10.9. The first-order chi connectivity index (χ1) is 9.51. The van der Waals surface area contributed by atoms with E-state index in [1.807, 2.05) is 0 Å². The van der Waals surface area contributed by atoms with E-state index in [9.17, 15) is 25.3 Å². The molecule has 0 aliphatic heterocycles. The third-order valence-electron chi connectivity index (χ3n) is 3.06. The Kier molecular flexibility index (Phi) is 6.94. The molecule has 1 N–H and O–H groups in total. The lowest BCUT2D eigenvalue weighted by Gasteiger charge is -2.27. The minimum atomic E-state index is -0.663. The van der Waals surface area contributed by atoms with E-state index in [-0.39, 0.29) is 17.8 Å². The maximum Gasteiger partial charge on any atom is 0.262 e. The summed E-state index contributed by atoms with van der Waals surface area (Å²) in [4.78, 5) is 20.5. The smallest absolute Gasteiger partial charge is 0.262 e. The molecular weight excluding hydrogens is 276 g/mol. The molecule has 0 aromatic rings. The van der Waals surface area contributed by atoms with Gasteiger partial charge in [0.2, 0.25) is 5.70 Å². The molecule has 1 atom stereocenters. The van der Waals surface area contributed by atoms with Crippen molar-refractivity contribution in [2.75, 3.05) is 0 Å². The topological polar surface area (TPSA) is 107 Å². The molecule has 0 bridgehead atoms. The Bertz CT molecular complexity index is 490. The number of hydrogen-bond donors (Lipinski definition) is 1. The lowest BCUT2D eigenvalue weighted by atomic mass is 9.78. The van der Waals surface area contributed by atoms with Gasteiger partial charge in [0.1, 0.15) is 0 Å². The number of nitrogens with zero attached hydrogens (tertiary/aromatic N) is 2.